The van der Waals surface area contributed by atoms with Gasteiger partial charge in [-0.15, -0.1) is 0 Å². The molecule has 1 fully saturated rings. The summed E-state index contributed by atoms with van der Waals surface area (Å²) in [4.78, 5) is 24.5. The van der Waals surface area contributed by atoms with Crippen LogP contribution in [0.3, 0.4) is 0 Å². The number of aliphatic carboxylic acids is 1. The number of benzene rings is 1. The normalized spacial score (nSPS) is 25.8. The van der Waals surface area contributed by atoms with Gasteiger partial charge in [-0.3, -0.25) is 14.5 Å². The summed E-state index contributed by atoms with van der Waals surface area (Å²) in [5.74, 6) is -4.92. The molecular weight excluding hydrogens is 284 g/mol. The van der Waals surface area contributed by atoms with E-state index in [1.165, 1.54) is 31.2 Å². The molecule has 0 spiro atoms. The van der Waals surface area contributed by atoms with Crippen LogP contribution >= 0.6 is 0 Å². The lowest BCUT2D eigenvalue weighted by molar-refractivity contribution is -0.145. The predicted molar refractivity (Wildman–Crippen MR) is 68.4 cm³/mol. The number of halogens is 2. The molecule has 2 rings (SSSR count). The quantitative estimate of drug-likeness (QED) is 0.858. The number of likely N-dealkylation sites (tertiary alicyclic amines) is 1. The molecule has 1 aliphatic rings. The van der Waals surface area contributed by atoms with Crippen LogP contribution in [-0.2, 0) is 14.3 Å². The summed E-state index contributed by atoms with van der Waals surface area (Å²) in [5.41, 5.74) is -0.0729. The van der Waals surface area contributed by atoms with Gasteiger partial charge in [0.1, 0.15) is 6.04 Å². The predicted octanol–water partition coefficient (Wildman–Crippen LogP) is 1.58. The highest BCUT2D eigenvalue weighted by Crippen LogP contribution is 2.41. The first-order valence-electron chi connectivity index (χ1n) is 6.35. The standard InChI is InChI=1S/C14H15F2NO4/c1-17-10(14(20)21-2)6-8(13(18)19)12(17)7-4-3-5-9(15)11(7)16/h3-5,8,10,12H,6H2,1-2H3,(H,18,19)/t8-,10+,12-/m1/s1. The largest absolute Gasteiger partial charge is 0.481 e. The first-order valence-corrected chi connectivity index (χ1v) is 6.35. The highest BCUT2D eigenvalue weighted by Gasteiger charge is 2.48. The van der Waals surface area contributed by atoms with Crippen molar-refractivity contribution < 1.29 is 28.2 Å². The van der Waals surface area contributed by atoms with Crippen LogP contribution in [0, 0.1) is 17.6 Å². The van der Waals surface area contributed by atoms with Gasteiger partial charge in [0.2, 0.25) is 0 Å². The van der Waals surface area contributed by atoms with Crippen molar-refractivity contribution in [2.45, 2.75) is 18.5 Å². The fourth-order valence-electron chi connectivity index (χ4n) is 2.83. The molecule has 0 radical (unpaired) electrons. The summed E-state index contributed by atoms with van der Waals surface area (Å²) in [6.07, 6.45) is -0.0148. The monoisotopic (exact) mass is 299 g/mol. The van der Waals surface area contributed by atoms with E-state index in [1.54, 1.807) is 0 Å². The Labute approximate surface area is 120 Å². The maximum Gasteiger partial charge on any atom is 0.323 e. The summed E-state index contributed by atoms with van der Waals surface area (Å²) in [6, 6.07) is 1.87. The minimum Gasteiger partial charge on any atom is -0.481 e. The third-order valence-electron chi connectivity index (χ3n) is 3.88. The van der Waals surface area contributed by atoms with E-state index in [0.717, 1.165) is 6.07 Å². The van der Waals surface area contributed by atoms with Crippen LogP contribution in [0.1, 0.15) is 18.0 Å². The number of methoxy groups -OCH3 is 1. The average Bonchev–Trinajstić information content (AvgIpc) is 2.79. The van der Waals surface area contributed by atoms with E-state index in [4.69, 9.17) is 0 Å². The van der Waals surface area contributed by atoms with Crippen LogP contribution in [0.2, 0.25) is 0 Å². The minimum absolute atomic E-state index is 0.0148. The van der Waals surface area contributed by atoms with Crippen LogP contribution in [0.25, 0.3) is 0 Å². The summed E-state index contributed by atoms with van der Waals surface area (Å²) in [7, 11) is 2.70. The highest BCUT2D eigenvalue weighted by molar-refractivity contribution is 5.79. The van der Waals surface area contributed by atoms with Crippen molar-refractivity contribution in [3.05, 3.63) is 35.4 Å². The molecule has 21 heavy (non-hydrogen) atoms. The van der Waals surface area contributed by atoms with Gasteiger partial charge in [0, 0.05) is 5.56 Å². The maximum absolute atomic E-state index is 14.0. The molecule has 5 nitrogen and oxygen atoms in total. The van der Waals surface area contributed by atoms with Gasteiger partial charge in [0.05, 0.1) is 19.1 Å². The third-order valence-corrected chi connectivity index (χ3v) is 3.88. The maximum atomic E-state index is 14.0. The number of hydrogen-bond acceptors (Lipinski definition) is 4. The number of hydrogen-bond donors (Lipinski definition) is 1. The lowest BCUT2D eigenvalue weighted by atomic mass is 9.93. The van der Waals surface area contributed by atoms with Gasteiger partial charge >= 0.3 is 11.9 Å². The van der Waals surface area contributed by atoms with Crippen molar-refractivity contribution in [1.29, 1.82) is 0 Å². The molecule has 114 valence electrons. The lowest BCUT2D eigenvalue weighted by Gasteiger charge is -2.26. The minimum atomic E-state index is -1.16. The Balaban J connectivity index is 2.46. The SMILES string of the molecule is COC(=O)[C@@H]1C[C@@H](C(=O)O)[C@@H](c2cccc(F)c2F)N1C. The van der Waals surface area contributed by atoms with Crippen molar-refractivity contribution >= 4 is 11.9 Å². The van der Waals surface area contributed by atoms with E-state index < -0.39 is 41.6 Å². The zero-order chi connectivity index (χ0) is 15.7. The number of carbonyl (C=O) groups excluding carboxylic acids is 1. The average molecular weight is 299 g/mol. The van der Waals surface area contributed by atoms with Crippen LogP contribution in [0.15, 0.2) is 18.2 Å². The lowest BCUT2D eigenvalue weighted by Crippen LogP contribution is -2.35. The molecule has 0 aromatic heterocycles. The molecule has 1 N–H and O–H groups in total. The first-order chi connectivity index (χ1) is 9.88. The molecule has 1 aromatic carbocycles. The molecule has 1 saturated heterocycles. The highest BCUT2D eigenvalue weighted by atomic mass is 19.2. The summed E-state index contributed by atoms with van der Waals surface area (Å²) < 4.78 is 32.0. The summed E-state index contributed by atoms with van der Waals surface area (Å²) >= 11 is 0. The Bertz CT molecular complexity index is 578. The van der Waals surface area contributed by atoms with Gasteiger partial charge < -0.3 is 9.84 Å². The van der Waals surface area contributed by atoms with E-state index in [-0.39, 0.29) is 12.0 Å². The van der Waals surface area contributed by atoms with E-state index in [2.05, 4.69) is 4.74 Å². The van der Waals surface area contributed by atoms with Gasteiger partial charge in [0.25, 0.3) is 0 Å². The number of likely N-dealkylation sites (N-methyl/N-ethyl adjacent to an activating group) is 1. The molecule has 0 unspecified atom stereocenters. The smallest absolute Gasteiger partial charge is 0.323 e. The Morgan fingerprint density at radius 1 is 1.38 bits per heavy atom. The van der Waals surface area contributed by atoms with Gasteiger partial charge in [0.15, 0.2) is 11.6 Å². The number of carboxylic acids is 1. The summed E-state index contributed by atoms with van der Waals surface area (Å²) in [6.45, 7) is 0. The number of esters is 1. The van der Waals surface area contributed by atoms with Gasteiger partial charge in [-0.25, -0.2) is 8.78 Å². The number of nitrogens with zero attached hydrogens (tertiary/aromatic N) is 1. The van der Waals surface area contributed by atoms with E-state index in [0.29, 0.717) is 0 Å². The summed E-state index contributed by atoms with van der Waals surface area (Å²) in [5, 5.41) is 9.30. The van der Waals surface area contributed by atoms with Crippen molar-refractivity contribution in [2.24, 2.45) is 5.92 Å². The third kappa shape index (κ3) is 2.61. The number of carboxylic acid groups (broad SMARTS) is 1. The second-order valence-electron chi connectivity index (χ2n) is 4.97. The molecule has 3 atom stereocenters. The Morgan fingerprint density at radius 3 is 2.62 bits per heavy atom. The van der Waals surface area contributed by atoms with Gasteiger partial charge in [-0.2, -0.15) is 0 Å². The van der Waals surface area contributed by atoms with Gasteiger partial charge in [-0.05, 0) is 19.5 Å². The first kappa shape index (κ1) is 15.4. The fourth-order valence-corrected chi connectivity index (χ4v) is 2.83. The Hall–Kier alpha value is -2.02. The van der Waals surface area contributed by atoms with E-state index >= 15 is 0 Å². The van der Waals surface area contributed by atoms with Crippen LogP contribution < -0.4 is 0 Å². The molecule has 0 aliphatic carbocycles. The Morgan fingerprint density at radius 2 is 2.05 bits per heavy atom. The van der Waals surface area contributed by atoms with Gasteiger partial charge in [-0.1, -0.05) is 12.1 Å². The second kappa shape index (κ2) is 5.77. The zero-order valence-corrected chi connectivity index (χ0v) is 11.5. The van der Waals surface area contributed by atoms with Crippen LogP contribution in [0.4, 0.5) is 8.78 Å². The topological polar surface area (TPSA) is 66.8 Å². The van der Waals surface area contributed by atoms with Crippen molar-refractivity contribution in [3.63, 3.8) is 0 Å². The van der Waals surface area contributed by atoms with Crippen molar-refractivity contribution in [3.8, 4) is 0 Å². The molecular formula is C14H15F2NO4. The van der Waals surface area contributed by atoms with E-state index in [1.807, 2.05) is 0 Å². The molecule has 0 bridgehead atoms. The molecule has 1 heterocycles. The fraction of sp³-hybridized carbons (Fsp3) is 0.429. The van der Waals surface area contributed by atoms with Crippen LogP contribution in [-0.4, -0.2) is 42.1 Å². The number of rotatable bonds is 3. The molecule has 0 saturated carbocycles. The second-order valence-corrected chi connectivity index (χ2v) is 4.97. The molecule has 1 aromatic rings. The van der Waals surface area contributed by atoms with Crippen molar-refractivity contribution in [2.75, 3.05) is 14.2 Å². The van der Waals surface area contributed by atoms with E-state index in [9.17, 15) is 23.5 Å². The Kier molecular flexibility index (Phi) is 4.22. The molecule has 7 heteroatoms. The molecule has 1 aliphatic heterocycles. The number of ether oxygens (including phenoxy) is 1. The number of carbonyl (C=O) groups is 2. The van der Waals surface area contributed by atoms with Crippen LogP contribution in [0.5, 0.6) is 0 Å². The molecule has 0 amide bonds. The van der Waals surface area contributed by atoms with Crippen molar-refractivity contribution in [1.82, 2.24) is 4.90 Å². The zero-order valence-electron chi connectivity index (χ0n) is 11.5.